The Hall–Kier alpha value is -5.69. The number of carbonyl (C=O) groups is 3. The Kier molecular flexibility index (Phi) is 9.35. The second-order valence-corrected chi connectivity index (χ2v) is 13.2. The Morgan fingerprint density at radius 2 is 1.00 bits per heavy atom. The Morgan fingerprint density at radius 1 is 0.600 bits per heavy atom. The predicted molar refractivity (Wildman–Crippen MR) is 205 cm³/mol. The van der Waals surface area contributed by atoms with Crippen LogP contribution in [0.2, 0.25) is 0 Å². The Balaban J connectivity index is 1.39. The number of aryl methyl sites for hydroxylation is 2. The summed E-state index contributed by atoms with van der Waals surface area (Å²) in [7, 11) is 6.94. The lowest BCUT2D eigenvalue weighted by atomic mass is 9.95. The monoisotopic (exact) mass is 664 g/mol. The maximum absolute atomic E-state index is 13.6. The van der Waals surface area contributed by atoms with Gasteiger partial charge in [-0.05, 0) is 114 Å². The van der Waals surface area contributed by atoms with Gasteiger partial charge in [0, 0.05) is 51.0 Å². The Bertz CT molecular complexity index is 2080. The second kappa shape index (κ2) is 13.7. The van der Waals surface area contributed by atoms with E-state index in [1.54, 1.807) is 0 Å². The maximum atomic E-state index is 13.6. The number of barbiturate groups is 1. The maximum Gasteiger partial charge on any atom is 0.333 e. The lowest BCUT2D eigenvalue weighted by Gasteiger charge is -2.30. The summed E-state index contributed by atoms with van der Waals surface area (Å²) >= 11 is 0. The zero-order valence-electron chi connectivity index (χ0n) is 30.2. The van der Waals surface area contributed by atoms with E-state index in [0.29, 0.717) is 18.4 Å². The molecule has 6 rings (SSSR count). The highest BCUT2D eigenvalue weighted by Gasteiger charge is 2.41. The number of anilines is 2. The van der Waals surface area contributed by atoms with E-state index >= 15 is 0 Å². The molecule has 0 atom stereocenters. The third-order valence-electron chi connectivity index (χ3n) is 10.3. The van der Waals surface area contributed by atoms with Crippen LogP contribution < -0.4 is 9.80 Å². The molecule has 1 aliphatic carbocycles. The molecule has 0 aromatic heterocycles. The van der Waals surface area contributed by atoms with E-state index in [9.17, 15) is 14.4 Å². The summed E-state index contributed by atoms with van der Waals surface area (Å²) in [6.45, 7) is 8.38. The number of imide groups is 2. The number of carbonyl (C=O) groups excluding carboxylic acids is 3. The number of urea groups is 1. The van der Waals surface area contributed by atoms with Gasteiger partial charge in [0.05, 0.1) is 0 Å². The standard InChI is InChI=1S/C43H44N4O3/c1-27(44(5)37-25-23-31-13-9-11-15-35(31)29(37)3)17-19-33-21-22-34(39(33)40-41(48)46(7)43(50)47(8)42(40)49)20-18-28(2)45(6)38-26-24-32-14-10-12-16-36(32)30(38)4/h9-20,23-26H,21-22H2,1-8H3/b27-17+,28-18+,33-19+,34-20+. The molecule has 7 nitrogen and oxygen atoms in total. The van der Waals surface area contributed by atoms with Crippen molar-refractivity contribution in [1.29, 1.82) is 0 Å². The lowest BCUT2D eigenvalue weighted by molar-refractivity contribution is -0.134. The van der Waals surface area contributed by atoms with Crippen molar-refractivity contribution in [3.8, 4) is 0 Å². The van der Waals surface area contributed by atoms with Crippen molar-refractivity contribution in [3.63, 3.8) is 0 Å². The zero-order chi connectivity index (χ0) is 35.9. The third-order valence-corrected chi connectivity index (χ3v) is 10.3. The number of hydrogen-bond acceptors (Lipinski definition) is 5. The summed E-state index contributed by atoms with van der Waals surface area (Å²) in [4.78, 5) is 46.3. The van der Waals surface area contributed by atoms with Gasteiger partial charge in [-0.2, -0.15) is 0 Å². The van der Waals surface area contributed by atoms with E-state index in [1.807, 2.05) is 50.5 Å². The number of hydrogen-bond donors (Lipinski definition) is 0. The first-order chi connectivity index (χ1) is 23.9. The van der Waals surface area contributed by atoms with Gasteiger partial charge in [-0.3, -0.25) is 19.4 Å². The summed E-state index contributed by atoms with van der Waals surface area (Å²) in [5, 5.41) is 4.82. The minimum Gasteiger partial charge on any atom is -0.348 e. The van der Waals surface area contributed by atoms with Crippen molar-refractivity contribution in [2.45, 2.75) is 40.5 Å². The van der Waals surface area contributed by atoms with Crippen molar-refractivity contribution in [1.82, 2.24) is 9.80 Å². The molecule has 0 radical (unpaired) electrons. The van der Waals surface area contributed by atoms with Crippen LogP contribution in [0, 0.1) is 13.8 Å². The van der Waals surface area contributed by atoms with Crippen LogP contribution in [0.4, 0.5) is 16.2 Å². The van der Waals surface area contributed by atoms with E-state index in [-0.39, 0.29) is 5.57 Å². The average Bonchev–Trinajstić information content (AvgIpc) is 3.53. The zero-order valence-corrected chi connectivity index (χ0v) is 30.2. The summed E-state index contributed by atoms with van der Waals surface area (Å²) in [6.07, 6.45) is 9.43. The predicted octanol–water partition coefficient (Wildman–Crippen LogP) is 8.98. The molecule has 2 fully saturated rings. The first-order valence-corrected chi connectivity index (χ1v) is 16.9. The van der Waals surface area contributed by atoms with Gasteiger partial charge in [0.15, 0.2) is 0 Å². The number of rotatable bonds is 6. The van der Waals surface area contributed by atoms with Crippen LogP contribution in [-0.4, -0.2) is 55.8 Å². The number of benzene rings is 4. The summed E-state index contributed by atoms with van der Waals surface area (Å²) in [5.41, 5.74) is 9.01. The molecule has 0 bridgehead atoms. The van der Waals surface area contributed by atoms with E-state index in [1.165, 1.54) is 46.8 Å². The van der Waals surface area contributed by atoms with Crippen LogP contribution in [0.1, 0.15) is 37.8 Å². The minimum absolute atomic E-state index is 0.0270. The van der Waals surface area contributed by atoms with E-state index in [4.69, 9.17) is 0 Å². The smallest absolute Gasteiger partial charge is 0.333 e. The fourth-order valence-corrected chi connectivity index (χ4v) is 7.02. The molecule has 0 N–H and O–H groups in total. The molecule has 4 aromatic carbocycles. The lowest BCUT2D eigenvalue weighted by Crippen LogP contribution is -2.53. The molecule has 4 aromatic rings. The summed E-state index contributed by atoms with van der Waals surface area (Å²) in [6, 6.07) is 24.7. The van der Waals surface area contributed by atoms with Crippen LogP contribution in [0.15, 0.2) is 131 Å². The van der Waals surface area contributed by atoms with Gasteiger partial charge in [0.2, 0.25) is 0 Å². The third kappa shape index (κ3) is 6.04. The van der Waals surface area contributed by atoms with E-state index in [0.717, 1.165) is 43.7 Å². The first-order valence-electron chi connectivity index (χ1n) is 16.9. The van der Waals surface area contributed by atoms with Crippen LogP contribution in [0.25, 0.3) is 21.5 Å². The van der Waals surface area contributed by atoms with Crippen molar-refractivity contribution in [2.24, 2.45) is 0 Å². The highest BCUT2D eigenvalue weighted by molar-refractivity contribution is 6.29. The normalized spacial score (nSPS) is 17.7. The molecule has 1 saturated carbocycles. The highest BCUT2D eigenvalue weighted by atomic mass is 16.2. The summed E-state index contributed by atoms with van der Waals surface area (Å²) < 4.78 is 0. The molecule has 0 spiro atoms. The average molecular weight is 665 g/mol. The quantitative estimate of drug-likeness (QED) is 0.152. The minimum atomic E-state index is -0.635. The van der Waals surface area contributed by atoms with Gasteiger partial charge in [-0.15, -0.1) is 0 Å². The largest absolute Gasteiger partial charge is 0.348 e. The van der Waals surface area contributed by atoms with Gasteiger partial charge >= 0.3 is 6.03 Å². The number of likely N-dealkylation sites (N-methyl/N-ethyl adjacent to an activating group) is 2. The Morgan fingerprint density at radius 3 is 1.42 bits per heavy atom. The SMILES string of the molecule is C/C(=C\C=C1/CC/C(=C\C=C(/C)N(C)c2ccc3ccccc3c2C)C1=C1C(=O)N(C)C(=O)N(C)C1=O)N(C)c1ccc2ccccc2c1C. The van der Waals surface area contributed by atoms with Gasteiger partial charge in [0.1, 0.15) is 5.57 Å². The van der Waals surface area contributed by atoms with Crippen molar-refractivity contribution in [2.75, 3.05) is 38.0 Å². The second-order valence-electron chi connectivity index (χ2n) is 13.2. The number of amides is 4. The van der Waals surface area contributed by atoms with Crippen LogP contribution >= 0.6 is 0 Å². The molecule has 7 heteroatoms. The summed E-state index contributed by atoms with van der Waals surface area (Å²) in [5.74, 6) is -1.16. The molecule has 1 aliphatic heterocycles. The molecule has 2 aliphatic rings. The molecule has 1 saturated heterocycles. The van der Waals surface area contributed by atoms with E-state index in [2.05, 4.69) is 98.2 Å². The molecule has 4 amide bonds. The van der Waals surface area contributed by atoms with Gasteiger partial charge in [-0.1, -0.05) is 72.8 Å². The molecule has 50 heavy (non-hydrogen) atoms. The van der Waals surface area contributed by atoms with Gasteiger partial charge in [0.25, 0.3) is 11.8 Å². The van der Waals surface area contributed by atoms with Crippen LogP contribution in [0.5, 0.6) is 0 Å². The fourth-order valence-electron chi connectivity index (χ4n) is 7.02. The highest BCUT2D eigenvalue weighted by Crippen LogP contribution is 2.40. The van der Waals surface area contributed by atoms with Gasteiger partial charge in [-0.25, -0.2) is 4.79 Å². The molecule has 0 unspecified atom stereocenters. The molecule has 254 valence electrons. The topological polar surface area (TPSA) is 64.2 Å². The molecular formula is C43H44N4O3. The molecule has 1 heterocycles. The number of nitrogens with zero attached hydrogens (tertiary/aromatic N) is 4. The van der Waals surface area contributed by atoms with Crippen molar-refractivity contribution >= 4 is 50.8 Å². The fraction of sp³-hybridized carbons (Fsp3) is 0.233. The van der Waals surface area contributed by atoms with E-state index < -0.39 is 17.8 Å². The first kappa shape index (κ1) is 34.2. The van der Waals surface area contributed by atoms with Crippen molar-refractivity contribution < 1.29 is 14.4 Å². The number of allylic oxidation sites excluding steroid dienone is 9. The number of fused-ring (bicyclic) bond motifs is 2. The molecular weight excluding hydrogens is 620 g/mol. The van der Waals surface area contributed by atoms with Crippen LogP contribution in [-0.2, 0) is 9.59 Å². The van der Waals surface area contributed by atoms with Crippen LogP contribution in [0.3, 0.4) is 0 Å². The van der Waals surface area contributed by atoms with Crippen molar-refractivity contribution in [3.05, 3.63) is 142 Å². The van der Waals surface area contributed by atoms with Gasteiger partial charge < -0.3 is 9.80 Å². The Labute approximate surface area is 294 Å².